The molecule has 2 heterocycles. The van der Waals surface area contributed by atoms with Gasteiger partial charge in [0.15, 0.2) is 11.3 Å². The number of nitrogens with one attached hydrogen (secondary N) is 2. The molecule has 0 saturated heterocycles. The molecule has 2 aliphatic heterocycles. The maximum absolute atomic E-state index is 11.8. The van der Waals surface area contributed by atoms with Crippen LogP contribution in [0.4, 0.5) is 0 Å². The Morgan fingerprint density at radius 1 is 1.11 bits per heavy atom. The molecule has 8 heteroatoms. The number of aliphatic hydroxyl groups excluding tert-OH is 1. The van der Waals surface area contributed by atoms with Gasteiger partial charge in [-0.2, -0.15) is 20.5 Å². The predicted octanol–water partition coefficient (Wildman–Crippen LogP) is 0.197. The van der Waals surface area contributed by atoms with Gasteiger partial charge < -0.3 is 15.7 Å². The maximum atomic E-state index is 11.8. The summed E-state index contributed by atoms with van der Waals surface area (Å²) in [7, 11) is 0. The van der Waals surface area contributed by atoms with E-state index in [1.165, 1.54) is 0 Å². The van der Waals surface area contributed by atoms with Gasteiger partial charge in [0.2, 0.25) is 5.91 Å². The lowest BCUT2D eigenvalue weighted by molar-refractivity contribution is -0.124. The van der Waals surface area contributed by atoms with E-state index in [0.29, 0.717) is 19.5 Å². The molecule has 0 spiro atoms. The lowest BCUT2D eigenvalue weighted by atomic mass is 10.1. The molecule has 0 fully saturated rings. The first-order chi connectivity index (χ1) is 8.96. The topological polar surface area (TPSA) is 111 Å². The second-order valence-corrected chi connectivity index (χ2v) is 5.31. The molecule has 1 amide bonds. The molecule has 106 valence electrons. The number of nitrogens with zero attached hydrogens (tertiary/aromatic N) is 4. The number of amides is 1. The monoisotopic (exact) mass is 268 g/mol. The van der Waals surface area contributed by atoms with Gasteiger partial charge in [-0.3, -0.25) is 4.79 Å². The average Bonchev–Trinajstić information content (AvgIpc) is 3.26. The fraction of sp³-hybridized carbons (Fsp3) is 0.909. The summed E-state index contributed by atoms with van der Waals surface area (Å²) in [6, 6.07) is -0.594. The maximum Gasteiger partial charge on any atom is 0.239 e. The van der Waals surface area contributed by atoms with E-state index in [1.54, 1.807) is 0 Å². The largest absolute Gasteiger partial charge is 0.394 e. The number of carbonyl (C=O) groups is 1. The van der Waals surface area contributed by atoms with Gasteiger partial charge in [-0.1, -0.05) is 0 Å². The van der Waals surface area contributed by atoms with Crippen LogP contribution in [0.5, 0.6) is 0 Å². The zero-order chi connectivity index (χ0) is 13.9. The van der Waals surface area contributed by atoms with Crippen LogP contribution in [-0.2, 0) is 4.79 Å². The van der Waals surface area contributed by atoms with Crippen molar-refractivity contribution in [2.75, 3.05) is 19.7 Å². The van der Waals surface area contributed by atoms with E-state index in [0.717, 1.165) is 6.42 Å². The Hall–Kier alpha value is -1.41. The number of hydrogen-bond acceptors (Lipinski definition) is 7. The highest BCUT2D eigenvalue weighted by Crippen LogP contribution is 2.30. The third kappa shape index (κ3) is 4.32. The van der Waals surface area contributed by atoms with Gasteiger partial charge in [0.1, 0.15) is 6.04 Å². The number of rotatable bonds is 9. The summed E-state index contributed by atoms with van der Waals surface area (Å²) in [6.07, 6.45) is 1.42. The molecular formula is C11H20N6O2. The lowest BCUT2D eigenvalue weighted by Gasteiger charge is -2.16. The molecule has 0 aromatic carbocycles. The molecule has 3 N–H and O–H groups in total. The lowest BCUT2D eigenvalue weighted by Crippen LogP contribution is -2.47. The molecule has 0 aromatic rings. The van der Waals surface area contributed by atoms with E-state index in [2.05, 4.69) is 31.1 Å². The quantitative estimate of drug-likeness (QED) is 0.555. The van der Waals surface area contributed by atoms with Crippen LogP contribution in [0.15, 0.2) is 20.5 Å². The number of carbonyl (C=O) groups excluding carboxylic acids is 1. The van der Waals surface area contributed by atoms with Crippen molar-refractivity contribution in [1.29, 1.82) is 0 Å². The van der Waals surface area contributed by atoms with E-state index in [-0.39, 0.29) is 23.8 Å². The minimum Gasteiger partial charge on any atom is -0.394 e. The van der Waals surface area contributed by atoms with Crippen LogP contribution in [0.3, 0.4) is 0 Å². The fourth-order valence-corrected chi connectivity index (χ4v) is 1.64. The first-order valence-corrected chi connectivity index (χ1v) is 6.46. The third-order valence-electron chi connectivity index (χ3n) is 3.27. The van der Waals surface area contributed by atoms with Crippen LogP contribution in [0.2, 0.25) is 0 Å². The molecule has 0 bridgehead atoms. The summed E-state index contributed by atoms with van der Waals surface area (Å²) in [5.41, 5.74) is -0.591. The van der Waals surface area contributed by atoms with Crippen LogP contribution in [0, 0.1) is 0 Å². The Kier molecular flexibility index (Phi) is 3.91. The Morgan fingerprint density at radius 2 is 1.63 bits per heavy atom. The van der Waals surface area contributed by atoms with Crippen LogP contribution < -0.4 is 10.6 Å². The molecule has 19 heavy (non-hydrogen) atoms. The van der Waals surface area contributed by atoms with Gasteiger partial charge in [0.05, 0.1) is 6.61 Å². The zero-order valence-electron chi connectivity index (χ0n) is 11.3. The van der Waals surface area contributed by atoms with Gasteiger partial charge in [0.25, 0.3) is 0 Å². The molecule has 0 radical (unpaired) electrons. The van der Waals surface area contributed by atoms with Crippen LogP contribution in [0.1, 0.15) is 26.7 Å². The summed E-state index contributed by atoms with van der Waals surface area (Å²) < 4.78 is 0. The van der Waals surface area contributed by atoms with Crippen molar-refractivity contribution in [3.63, 3.8) is 0 Å². The molecule has 0 saturated carbocycles. The van der Waals surface area contributed by atoms with Crippen molar-refractivity contribution in [2.45, 2.75) is 44.1 Å². The molecule has 8 nitrogen and oxygen atoms in total. The first-order valence-electron chi connectivity index (χ1n) is 6.46. The Bertz CT molecular complexity index is 396. The Morgan fingerprint density at radius 3 is 2.11 bits per heavy atom. The summed E-state index contributed by atoms with van der Waals surface area (Å²) in [6.45, 7) is 4.69. The third-order valence-corrected chi connectivity index (χ3v) is 3.27. The van der Waals surface area contributed by atoms with Crippen molar-refractivity contribution < 1.29 is 9.90 Å². The van der Waals surface area contributed by atoms with Crippen molar-refractivity contribution in [2.24, 2.45) is 20.5 Å². The highest BCUT2D eigenvalue weighted by Gasteiger charge is 2.34. The second kappa shape index (κ2) is 5.30. The van der Waals surface area contributed by atoms with Crippen molar-refractivity contribution in [3.8, 4) is 0 Å². The van der Waals surface area contributed by atoms with E-state index in [1.807, 2.05) is 13.8 Å². The Labute approximate surface area is 111 Å². The predicted molar refractivity (Wildman–Crippen MR) is 67.6 cm³/mol. The van der Waals surface area contributed by atoms with Crippen LogP contribution >= 0.6 is 0 Å². The smallest absolute Gasteiger partial charge is 0.239 e. The van der Waals surface area contributed by atoms with E-state index >= 15 is 0 Å². The summed E-state index contributed by atoms with van der Waals surface area (Å²) >= 11 is 0. The fourth-order valence-electron chi connectivity index (χ4n) is 1.64. The van der Waals surface area contributed by atoms with Crippen LogP contribution in [0.25, 0.3) is 0 Å². The highest BCUT2D eigenvalue weighted by atomic mass is 16.3. The number of aliphatic hydroxyl groups is 1. The number of hydrogen-bond donors (Lipinski definition) is 3. The normalized spacial score (nSPS) is 22.1. The van der Waals surface area contributed by atoms with Gasteiger partial charge in [-0.15, -0.1) is 0 Å². The van der Waals surface area contributed by atoms with Crippen molar-refractivity contribution in [1.82, 2.24) is 10.6 Å². The standard InChI is InChI=1S/C11H20N6O2/c1-10(14-15-10)3-5-12-8(7-18)9(19)13-6-4-11(2)16-17-11/h8,12,18H,3-7H2,1-2H3,(H,13,19)/t8-/m0/s1. The minimum atomic E-state index is -0.594. The van der Waals surface area contributed by atoms with E-state index in [4.69, 9.17) is 0 Å². The Balaban J connectivity index is 1.60. The molecule has 1 atom stereocenters. The van der Waals surface area contributed by atoms with E-state index < -0.39 is 6.04 Å². The minimum absolute atomic E-state index is 0.207. The molecule has 0 aromatic heterocycles. The highest BCUT2D eigenvalue weighted by molar-refractivity contribution is 5.81. The van der Waals surface area contributed by atoms with Crippen molar-refractivity contribution >= 4 is 5.91 Å². The van der Waals surface area contributed by atoms with Crippen LogP contribution in [-0.4, -0.2) is 48.1 Å². The summed E-state index contributed by atoms with van der Waals surface area (Å²) in [4.78, 5) is 11.8. The first kappa shape index (κ1) is 14.0. The second-order valence-electron chi connectivity index (χ2n) is 5.31. The zero-order valence-corrected chi connectivity index (χ0v) is 11.3. The van der Waals surface area contributed by atoms with Crippen molar-refractivity contribution in [3.05, 3.63) is 0 Å². The van der Waals surface area contributed by atoms with Gasteiger partial charge in [-0.25, -0.2) is 0 Å². The molecular weight excluding hydrogens is 248 g/mol. The van der Waals surface area contributed by atoms with E-state index in [9.17, 15) is 9.90 Å². The molecule has 0 aliphatic carbocycles. The molecule has 2 rings (SSSR count). The molecule has 2 aliphatic rings. The average molecular weight is 268 g/mol. The van der Waals surface area contributed by atoms with Gasteiger partial charge in [0, 0.05) is 25.9 Å². The molecule has 0 unspecified atom stereocenters. The summed E-state index contributed by atoms with van der Waals surface area (Å²) in [5, 5.41) is 30.5. The van der Waals surface area contributed by atoms with Gasteiger partial charge in [-0.05, 0) is 13.8 Å². The van der Waals surface area contributed by atoms with Gasteiger partial charge >= 0.3 is 0 Å². The SMILES string of the molecule is CC1(CCNC(=O)[C@H](CO)NCCC2(C)N=N2)N=N1. The summed E-state index contributed by atoms with van der Waals surface area (Å²) in [5.74, 6) is -0.207.